The Kier molecular flexibility index (Phi) is 1.54. The van der Waals surface area contributed by atoms with Crippen LogP contribution in [0.15, 0.2) is 0 Å². The van der Waals surface area contributed by atoms with E-state index < -0.39 is 0 Å². The van der Waals surface area contributed by atoms with Crippen LogP contribution in [0, 0.1) is 11.3 Å². The van der Waals surface area contributed by atoms with Gasteiger partial charge >= 0.3 is 0 Å². The molecule has 0 radical (unpaired) electrons. The average molecular weight is 137 g/mol. The first kappa shape index (κ1) is 6.55. The number of aryl methyl sites for hydroxylation is 1. The summed E-state index contributed by atoms with van der Waals surface area (Å²) in [6.07, 6.45) is 0.213. The molecule has 5 nitrogen and oxygen atoms in total. The van der Waals surface area contributed by atoms with E-state index in [1.807, 2.05) is 6.07 Å². The number of aromatic nitrogens is 3. The summed E-state index contributed by atoms with van der Waals surface area (Å²) in [5, 5.41) is 12.1. The third-order valence-electron chi connectivity index (χ3n) is 1.08. The molecule has 0 bridgehead atoms. The fourth-order valence-electron chi connectivity index (χ4n) is 0.597. The van der Waals surface area contributed by atoms with Crippen LogP contribution in [0.2, 0.25) is 0 Å². The van der Waals surface area contributed by atoms with Crippen molar-refractivity contribution >= 4 is 5.95 Å². The highest BCUT2D eigenvalue weighted by Gasteiger charge is 2.00. The summed E-state index contributed by atoms with van der Waals surface area (Å²) < 4.78 is 1.44. The minimum absolute atomic E-state index is 0.213. The molecule has 0 aliphatic carbocycles. The third-order valence-corrected chi connectivity index (χ3v) is 1.08. The molecule has 10 heavy (non-hydrogen) atoms. The van der Waals surface area contributed by atoms with Gasteiger partial charge in [0.15, 0.2) is 5.82 Å². The second-order valence-corrected chi connectivity index (χ2v) is 1.84. The number of rotatable bonds is 1. The van der Waals surface area contributed by atoms with Crippen LogP contribution in [0.4, 0.5) is 5.95 Å². The zero-order chi connectivity index (χ0) is 7.56. The van der Waals surface area contributed by atoms with Crippen molar-refractivity contribution in [3.63, 3.8) is 0 Å². The summed E-state index contributed by atoms with van der Waals surface area (Å²) >= 11 is 0. The van der Waals surface area contributed by atoms with Crippen molar-refractivity contribution in [2.24, 2.45) is 7.05 Å². The van der Waals surface area contributed by atoms with Gasteiger partial charge in [-0.2, -0.15) is 15.3 Å². The fourth-order valence-corrected chi connectivity index (χ4v) is 0.597. The number of nitriles is 1. The highest BCUT2D eigenvalue weighted by molar-refractivity contribution is 5.16. The van der Waals surface area contributed by atoms with E-state index in [2.05, 4.69) is 10.1 Å². The molecule has 1 aromatic heterocycles. The molecule has 0 spiro atoms. The number of hydrogen-bond acceptors (Lipinski definition) is 4. The number of anilines is 1. The summed E-state index contributed by atoms with van der Waals surface area (Å²) in [7, 11) is 1.68. The Labute approximate surface area is 58.1 Å². The Hall–Kier alpha value is -1.57. The van der Waals surface area contributed by atoms with Gasteiger partial charge in [-0.05, 0) is 0 Å². The lowest BCUT2D eigenvalue weighted by atomic mass is 10.5. The maximum absolute atomic E-state index is 8.24. The van der Waals surface area contributed by atoms with Crippen LogP contribution >= 0.6 is 0 Å². The quantitative estimate of drug-likeness (QED) is 0.563. The predicted molar refractivity (Wildman–Crippen MR) is 34.7 cm³/mol. The molecule has 1 aromatic rings. The molecule has 52 valence electrons. The summed E-state index contributed by atoms with van der Waals surface area (Å²) in [6.45, 7) is 0. The van der Waals surface area contributed by atoms with Gasteiger partial charge in [0, 0.05) is 7.05 Å². The highest BCUT2D eigenvalue weighted by Crippen LogP contribution is 1.96. The summed E-state index contributed by atoms with van der Waals surface area (Å²) in [4.78, 5) is 3.81. The van der Waals surface area contributed by atoms with E-state index in [4.69, 9.17) is 11.0 Å². The summed E-state index contributed by atoms with van der Waals surface area (Å²) in [5.41, 5.74) is 5.35. The Balaban J connectivity index is 2.90. The number of nitrogens with two attached hydrogens (primary N) is 1. The van der Waals surface area contributed by atoms with E-state index in [9.17, 15) is 0 Å². The second-order valence-electron chi connectivity index (χ2n) is 1.84. The molecule has 0 aromatic carbocycles. The van der Waals surface area contributed by atoms with Crippen LogP contribution in [-0.4, -0.2) is 14.8 Å². The third kappa shape index (κ3) is 1.05. The highest BCUT2D eigenvalue weighted by atomic mass is 15.4. The van der Waals surface area contributed by atoms with Crippen molar-refractivity contribution in [1.29, 1.82) is 5.26 Å². The lowest BCUT2D eigenvalue weighted by molar-refractivity contribution is 0.761. The van der Waals surface area contributed by atoms with Gasteiger partial charge in [0.1, 0.15) is 0 Å². The minimum Gasteiger partial charge on any atom is -0.368 e. The Bertz CT molecular complexity index is 249. The molecule has 0 amide bonds. The first-order valence-corrected chi connectivity index (χ1v) is 2.76. The largest absolute Gasteiger partial charge is 0.368 e. The SMILES string of the molecule is Cn1nc(CC#N)nc1N. The zero-order valence-corrected chi connectivity index (χ0v) is 5.57. The number of hydrogen-bond donors (Lipinski definition) is 1. The van der Waals surface area contributed by atoms with Gasteiger partial charge in [-0.15, -0.1) is 0 Å². The van der Waals surface area contributed by atoms with Gasteiger partial charge in [0.2, 0.25) is 5.95 Å². The lowest BCUT2D eigenvalue weighted by Crippen LogP contribution is -1.97. The van der Waals surface area contributed by atoms with Gasteiger partial charge in [0.25, 0.3) is 0 Å². The molecule has 0 atom stereocenters. The van der Waals surface area contributed by atoms with Crippen molar-refractivity contribution in [3.05, 3.63) is 5.82 Å². The number of nitrogen functional groups attached to an aromatic ring is 1. The van der Waals surface area contributed by atoms with Gasteiger partial charge in [-0.1, -0.05) is 0 Å². The Morgan fingerprint density at radius 3 is 2.90 bits per heavy atom. The van der Waals surface area contributed by atoms with E-state index in [1.165, 1.54) is 4.68 Å². The van der Waals surface area contributed by atoms with E-state index in [1.54, 1.807) is 7.05 Å². The topological polar surface area (TPSA) is 80.5 Å². The van der Waals surface area contributed by atoms with Crippen LogP contribution < -0.4 is 5.73 Å². The predicted octanol–water partition coefficient (Wildman–Crippen LogP) is -0.537. The molecule has 0 saturated carbocycles. The maximum Gasteiger partial charge on any atom is 0.218 e. The van der Waals surface area contributed by atoms with Gasteiger partial charge in [-0.25, -0.2) is 4.68 Å². The maximum atomic E-state index is 8.24. The van der Waals surface area contributed by atoms with Crippen LogP contribution in [0.25, 0.3) is 0 Å². The molecule has 0 unspecified atom stereocenters. The first-order chi connectivity index (χ1) is 4.74. The van der Waals surface area contributed by atoms with Crippen molar-refractivity contribution in [2.45, 2.75) is 6.42 Å². The van der Waals surface area contributed by atoms with Crippen molar-refractivity contribution in [3.8, 4) is 6.07 Å². The second kappa shape index (κ2) is 2.35. The molecule has 0 saturated heterocycles. The van der Waals surface area contributed by atoms with Gasteiger partial charge < -0.3 is 5.73 Å². The van der Waals surface area contributed by atoms with Gasteiger partial charge in [-0.3, -0.25) is 0 Å². The molecular weight excluding hydrogens is 130 g/mol. The standard InChI is InChI=1S/C5H7N5/c1-10-5(7)8-4(9-10)2-3-6/h2H2,1H3,(H2,7,8,9). The molecule has 0 aliphatic rings. The van der Waals surface area contributed by atoms with E-state index in [0.29, 0.717) is 11.8 Å². The monoisotopic (exact) mass is 137 g/mol. The van der Waals surface area contributed by atoms with E-state index in [-0.39, 0.29) is 6.42 Å². The molecular formula is C5H7N5. The molecule has 1 rings (SSSR count). The molecule has 0 aliphatic heterocycles. The van der Waals surface area contributed by atoms with Gasteiger partial charge in [0.05, 0.1) is 12.5 Å². The summed E-state index contributed by atoms with van der Waals surface area (Å²) in [6, 6.07) is 1.93. The molecule has 1 heterocycles. The Morgan fingerprint density at radius 1 is 1.80 bits per heavy atom. The van der Waals surface area contributed by atoms with Crippen LogP contribution in [0.5, 0.6) is 0 Å². The number of nitrogens with zero attached hydrogens (tertiary/aromatic N) is 4. The smallest absolute Gasteiger partial charge is 0.218 e. The average Bonchev–Trinajstić information content (AvgIpc) is 2.14. The van der Waals surface area contributed by atoms with Crippen LogP contribution in [0.3, 0.4) is 0 Å². The zero-order valence-electron chi connectivity index (χ0n) is 5.57. The minimum atomic E-state index is 0.213. The van der Waals surface area contributed by atoms with Crippen molar-refractivity contribution < 1.29 is 0 Å². The molecule has 2 N–H and O–H groups in total. The lowest BCUT2D eigenvalue weighted by Gasteiger charge is -1.85. The summed E-state index contributed by atoms with van der Waals surface area (Å²) in [5.74, 6) is 0.813. The first-order valence-electron chi connectivity index (χ1n) is 2.76. The van der Waals surface area contributed by atoms with E-state index >= 15 is 0 Å². The van der Waals surface area contributed by atoms with Crippen LogP contribution in [0.1, 0.15) is 5.82 Å². The molecule has 0 fully saturated rings. The van der Waals surface area contributed by atoms with Crippen molar-refractivity contribution in [2.75, 3.05) is 5.73 Å². The normalized spacial score (nSPS) is 9.20. The fraction of sp³-hybridized carbons (Fsp3) is 0.400. The molecule has 5 heteroatoms. The van der Waals surface area contributed by atoms with E-state index in [0.717, 1.165) is 0 Å². The van der Waals surface area contributed by atoms with Crippen LogP contribution in [-0.2, 0) is 13.5 Å². The Morgan fingerprint density at radius 2 is 2.50 bits per heavy atom. The van der Waals surface area contributed by atoms with Crippen molar-refractivity contribution in [1.82, 2.24) is 14.8 Å².